The predicted molar refractivity (Wildman–Crippen MR) is 102 cm³/mol. The van der Waals surface area contributed by atoms with Crippen LogP contribution in [-0.4, -0.2) is 56.3 Å². The van der Waals surface area contributed by atoms with Crippen LogP contribution in [0.15, 0.2) is 41.3 Å². The number of carbonyl (C=O) groups is 1. The molecule has 1 fully saturated rings. The Balaban J connectivity index is 1.62. The topological polar surface area (TPSA) is 114 Å². The van der Waals surface area contributed by atoms with Crippen molar-refractivity contribution in [3.8, 4) is 0 Å². The molecular formula is C18H18F3N4O5S+. The van der Waals surface area contributed by atoms with Gasteiger partial charge >= 0.3 is 0 Å². The van der Waals surface area contributed by atoms with E-state index in [1.54, 1.807) is 0 Å². The minimum Gasteiger partial charge on any atom is -0.325 e. The highest BCUT2D eigenvalue weighted by atomic mass is 32.2. The third-order valence-electron chi connectivity index (χ3n) is 4.83. The van der Waals surface area contributed by atoms with Gasteiger partial charge in [0.05, 0.1) is 36.8 Å². The summed E-state index contributed by atoms with van der Waals surface area (Å²) < 4.78 is 66.6. The average Bonchev–Trinajstić information content (AvgIpc) is 2.74. The van der Waals surface area contributed by atoms with E-state index in [9.17, 15) is 36.5 Å². The maximum Gasteiger partial charge on any atom is 0.289 e. The van der Waals surface area contributed by atoms with Gasteiger partial charge in [0.1, 0.15) is 0 Å². The lowest BCUT2D eigenvalue weighted by Gasteiger charge is -2.31. The van der Waals surface area contributed by atoms with Gasteiger partial charge in [-0.1, -0.05) is 12.1 Å². The monoisotopic (exact) mass is 459 g/mol. The van der Waals surface area contributed by atoms with Crippen LogP contribution in [0.5, 0.6) is 0 Å². The van der Waals surface area contributed by atoms with Crippen molar-refractivity contribution in [2.24, 2.45) is 0 Å². The molecule has 0 aromatic heterocycles. The molecule has 0 saturated carbocycles. The molecule has 13 heteroatoms. The van der Waals surface area contributed by atoms with E-state index in [4.69, 9.17) is 0 Å². The maximum absolute atomic E-state index is 13.7. The van der Waals surface area contributed by atoms with Gasteiger partial charge in [-0.2, -0.15) is 4.31 Å². The molecule has 0 bridgehead atoms. The van der Waals surface area contributed by atoms with Gasteiger partial charge in [0.15, 0.2) is 28.9 Å². The first-order valence-corrected chi connectivity index (χ1v) is 10.6. The number of nitrogens with one attached hydrogen (secondary N) is 2. The molecule has 0 aliphatic carbocycles. The number of carbonyl (C=O) groups excluding carboxylic acids is 1. The zero-order valence-electron chi connectivity index (χ0n) is 16.0. The number of sulfonamides is 1. The molecule has 1 saturated heterocycles. The molecule has 2 N–H and O–H groups in total. The van der Waals surface area contributed by atoms with E-state index in [-0.39, 0.29) is 32.7 Å². The number of amides is 1. The van der Waals surface area contributed by atoms with Crippen LogP contribution < -0.4 is 10.2 Å². The van der Waals surface area contributed by atoms with Crippen LogP contribution in [0.4, 0.5) is 24.5 Å². The highest BCUT2D eigenvalue weighted by molar-refractivity contribution is 7.89. The number of nitro groups is 1. The van der Waals surface area contributed by atoms with Crippen LogP contribution >= 0.6 is 0 Å². The number of benzene rings is 2. The highest BCUT2D eigenvalue weighted by Gasteiger charge is 2.35. The molecule has 0 radical (unpaired) electrons. The van der Waals surface area contributed by atoms with Crippen LogP contribution in [0.3, 0.4) is 0 Å². The molecule has 2 aromatic rings. The summed E-state index contributed by atoms with van der Waals surface area (Å²) >= 11 is 0. The Morgan fingerprint density at radius 1 is 1.10 bits per heavy atom. The van der Waals surface area contributed by atoms with Crippen molar-refractivity contribution in [1.82, 2.24) is 4.31 Å². The fraction of sp³-hybridized carbons (Fsp3) is 0.278. The SMILES string of the molecule is O=C(C[NH+]1CCN(S(=O)(=O)c2ccccc2[N+](=O)[O-])CC1)Nc1ccc(F)c(F)c1F. The molecule has 0 unspecified atom stereocenters. The lowest BCUT2D eigenvalue weighted by Crippen LogP contribution is -3.15. The van der Waals surface area contributed by atoms with E-state index in [2.05, 4.69) is 5.32 Å². The second kappa shape index (κ2) is 8.99. The number of nitro benzene ring substituents is 1. The van der Waals surface area contributed by atoms with E-state index < -0.39 is 54.6 Å². The fourth-order valence-electron chi connectivity index (χ4n) is 3.23. The molecule has 166 valence electrons. The second-order valence-corrected chi connectivity index (χ2v) is 8.73. The number of anilines is 1. The number of para-hydroxylation sites is 1. The van der Waals surface area contributed by atoms with Crippen LogP contribution in [0.25, 0.3) is 0 Å². The van der Waals surface area contributed by atoms with Gasteiger partial charge in [0, 0.05) is 6.07 Å². The van der Waals surface area contributed by atoms with Crippen molar-refractivity contribution in [3.05, 3.63) is 64.0 Å². The minimum atomic E-state index is -4.10. The van der Waals surface area contributed by atoms with Gasteiger partial charge in [-0.15, -0.1) is 0 Å². The molecule has 1 heterocycles. The van der Waals surface area contributed by atoms with Crippen molar-refractivity contribution in [3.63, 3.8) is 0 Å². The number of quaternary nitrogens is 1. The highest BCUT2D eigenvalue weighted by Crippen LogP contribution is 2.26. The minimum absolute atomic E-state index is 0.0104. The van der Waals surface area contributed by atoms with Crippen molar-refractivity contribution in [2.75, 3.05) is 38.0 Å². The maximum atomic E-state index is 13.7. The van der Waals surface area contributed by atoms with Crippen molar-refractivity contribution in [2.45, 2.75) is 4.90 Å². The van der Waals surface area contributed by atoms with Crippen LogP contribution in [0.1, 0.15) is 0 Å². The van der Waals surface area contributed by atoms with E-state index in [1.165, 1.54) is 12.1 Å². The molecule has 2 aromatic carbocycles. The quantitative estimate of drug-likeness (QED) is 0.372. The summed E-state index contributed by atoms with van der Waals surface area (Å²) in [6.45, 7) is 0.298. The largest absolute Gasteiger partial charge is 0.325 e. The van der Waals surface area contributed by atoms with E-state index in [1.807, 2.05) is 0 Å². The van der Waals surface area contributed by atoms with Crippen LogP contribution in [0.2, 0.25) is 0 Å². The Morgan fingerprint density at radius 3 is 2.39 bits per heavy atom. The Labute approximate surface area is 175 Å². The molecular weight excluding hydrogens is 441 g/mol. The van der Waals surface area contributed by atoms with Gasteiger partial charge in [-0.25, -0.2) is 21.6 Å². The molecule has 31 heavy (non-hydrogen) atoms. The smallest absolute Gasteiger partial charge is 0.289 e. The van der Waals surface area contributed by atoms with Gasteiger partial charge in [-0.05, 0) is 18.2 Å². The summed E-state index contributed by atoms with van der Waals surface area (Å²) in [4.78, 5) is 22.8. The summed E-state index contributed by atoms with van der Waals surface area (Å²) in [7, 11) is -4.10. The van der Waals surface area contributed by atoms with Crippen molar-refractivity contribution in [1.29, 1.82) is 0 Å². The first-order valence-electron chi connectivity index (χ1n) is 9.11. The standard InChI is InChI=1S/C18H17F3N4O5S/c19-12-5-6-13(18(21)17(12)20)22-16(26)11-23-7-9-24(10-8-23)31(29,30)15-4-2-1-3-14(15)25(27)28/h1-6H,7-11H2,(H,22,26)/p+1. The Hall–Kier alpha value is -3.03. The van der Waals surface area contributed by atoms with E-state index in [0.29, 0.717) is 11.0 Å². The van der Waals surface area contributed by atoms with Gasteiger partial charge < -0.3 is 10.2 Å². The first kappa shape index (κ1) is 22.7. The summed E-state index contributed by atoms with van der Waals surface area (Å²) in [6.07, 6.45) is 0. The van der Waals surface area contributed by atoms with E-state index in [0.717, 1.165) is 22.5 Å². The zero-order valence-corrected chi connectivity index (χ0v) is 16.8. The number of piperazine rings is 1. The molecule has 1 aliphatic rings. The third-order valence-corrected chi connectivity index (χ3v) is 6.78. The van der Waals surface area contributed by atoms with Crippen molar-refractivity contribution < 1.29 is 36.2 Å². The number of nitrogens with zero attached hydrogens (tertiary/aromatic N) is 2. The molecule has 9 nitrogen and oxygen atoms in total. The lowest BCUT2D eigenvalue weighted by molar-refractivity contribution is -0.895. The van der Waals surface area contributed by atoms with E-state index >= 15 is 0 Å². The van der Waals surface area contributed by atoms with Crippen LogP contribution in [-0.2, 0) is 14.8 Å². The fourth-order valence-corrected chi connectivity index (χ4v) is 4.83. The summed E-state index contributed by atoms with van der Waals surface area (Å²) in [5.74, 6) is -5.24. The number of hydrogen-bond donors (Lipinski definition) is 2. The second-order valence-electron chi connectivity index (χ2n) is 6.83. The lowest BCUT2D eigenvalue weighted by atomic mass is 10.2. The molecule has 1 aliphatic heterocycles. The normalized spacial score (nSPS) is 15.6. The molecule has 3 rings (SSSR count). The Morgan fingerprint density at radius 2 is 1.74 bits per heavy atom. The first-order chi connectivity index (χ1) is 14.6. The average molecular weight is 459 g/mol. The number of hydrogen-bond acceptors (Lipinski definition) is 5. The third kappa shape index (κ3) is 4.84. The number of halogens is 3. The molecule has 0 spiro atoms. The Kier molecular flexibility index (Phi) is 6.57. The Bertz CT molecular complexity index is 1120. The molecule has 0 atom stereocenters. The summed E-state index contributed by atoms with van der Waals surface area (Å²) in [6, 6.07) is 6.62. The van der Waals surface area contributed by atoms with Gasteiger partial charge in [0.2, 0.25) is 10.0 Å². The summed E-state index contributed by atoms with van der Waals surface area (Å²) in [5, 5.41) is 13.3. The molecule has 1 amide bonds. The van der Waals surface area contributed by atoms with Crippen LogP contribution in [0, 0.1) is 27.6 Å². The number of rotatable bonds is 6. The van der Waals surface area contributed by atoms with Crippen molar-refractivity contribution >= 4 is 27.3 Å². The van der Waals surface area contributed by atoms with Gasteiger partial charge in [0.25, 0.3) is 11.6 Å². The predicted octanol–water partition coefficient (Wildman–Crippen LogP) is 0.540. The summed E-state index contributed by atoms with van der Waals surface area (Å²) in [5.41, 5.74) is -1.02. The van der Waals surface area contributed by atoms with Gasteiger partial charge in [-0.3, -0.25) is 14.9 Å². The zero-order chi connectivity index (χ0) is 22.8.